The van der Waals surface area contributed by atoms with Crippen LogP contribution >= 0.6 is 0 Å². The van der Waals surface area contributed by atoms with Crippen LogP contribution in [0.1, 0.15) is 97.5 Å². The van der Waals surface area contributed by atoms with E-state index in [1.54, 1.807) is 0 Å². The summed E-state index contributed by atoms with van der Waals surface area (Å²) in [5.74, 6) is 0. The fourth-order valence-electron chi connectivity index (χ4n) is 2.64. The molecule has 0 aliphatic rings. The molecule has 0 radical (unpaired) electrons. The van der Waals surface area contributed by atoms with Crippen LogP contribution in [0.25, 0.3) is 0 Å². The highest BCUT2D eigenvalue weighted by molar-refractivity contribution is 5.31. The predicted molar refractivity (Wildman–Crippen MR) is 149 cm³/mol. The van der Waals surface area contributed by atoms with E-state index in [9.17, 15) is 0 Å². The van der Waals surface area contributed by atoms with Gasteiger partial charge in [-0.05, 0) is 82.4 Å². The van der Waals surface area contributed by atoms with Crippen molar-refractivity contribution in [3.63, 3.8) is 0 Å². The van der Waals surface area contributed by atoms with Crippen molar-refractivity contribution in [2.45, 2.75) is 95.0 Å². The molecule has 33 heavy (non-hydrogen) atoms. The Bertz CT molecular complexity index is 717. The van der Waals surface area contributed by atoms with Gasteiger partial charge in [-0.2, -0.15) is 5.26 Å². The summed E-state index contributed by atoms with van der Waals surface area (Å²) in [6.07, 6.45) is 5.34. The molecule has 186 valence electrons. The molecule has 0 aliphatic heterocycles. The average Bonchev–Trinajstić information content (AvgIpc) is 2.83. The third-order valence-electron chi connectivity index (χ3n) is 4.08. The van der Waals surface area contributed by atoms with Crippen molar-refractivity contribution in [3.8, 4) is 6.07 Å². The van der Waals surface area contributed by atoms with E-state index in [0.29, 0.717) is 0 Å². The Hall–Kier alpha value is -2.44. The van der Waals surface area contributed by atoms with Crippen LogP contribution in [0.5, 0.6) is 0 Å². The van der Waals surface area contributed by atoms with Crippen molar-refractivity contribution in [2.75, 3.05) is 13.1 Å². The molecule has 3 heteroatoms. The van der Waals surface area contributed by atoms with Crippen molar-refractivity contribution in [3.05, 3.63) is 77.1 Å². The van der Waals surface area contributed by atoms with Gasteiger partial charge in [0.25, 0.3) is 0 Å². The van der Waals surface area contributed by atoms with Crippen molar-refractivity contribution < 1.29 is 0 Å². The van der Waals surface area contributed by atoms with Gasteiger partial charge >= 0.3 is 0 Å². The molecular formula is C30H51N3. The van der Waals surface area contributed by atoms with E-state index < -0.39 is 0 Å². The van der Waals surface area contributed by atoms with Crippen molar-refractivity contribution in [1.82, 2.24) is 9.88 Å². The van der Waals surface area contributed by atoms with Crippen LogP contribution in [0.4, 0.5) is 0 Å². The maximum absolute atomic E-state index is 8.45. The molecule has 0 fully saturated rings. The standard InChI is InChI=1S/C13H22N2.C9H9N.C4H8.2C2H6/c1-4-9-15(10-5-2)11-13-7-6-8-14-12(13)3;1-2-8-3-5-9(7-10)6-4-8;1-4(2)3;2*1-2/h6-8H,4-5,9-11H2,1-3H3;3-6H,2H2,1H3;1H2,2-3H3;2*1-2H3. The van der Waals surface area contributed by atoms with Crippen LogP contribution in [-0.4, -0.2) is 23.0 Å². The molecule has 0 saturated carbocycles. The Morgan fingerprint density at radius 2 is 1.42 bits per heavy atom. The smallest absolute Gasteiger partial charge is 0.0991 e. The van der Waals surface area contributed by atoms with E-state index in [4.69, 9.17) is 5.26 Å². The molecule has 0 unspecified atom stereocenters. The number of hydrogen-bond donors (Lipinski definition) is 0. The van der Waals surface area contributed by atoms with E-state index in [2.05, 4.69) is 56.3 Å². The molecule has 0 aliphatic carbocycles. The summed E-state index contributed by atoms with van der Waals surface area (Å²) in [4.78, 5) is 6.83. The Morgan fingerprint density at radius 1 is 0.939 bits per heavy atom. The Kier molecular flexibility index (Phi) is 27.5. The maximum atomic E-state index is 8.45. The number of allylic oxidation sites excluding steroid dienone is 1. The number of aromatic nitrogens is 1. The lowest BCUT2D eigenvalue weighted by atomic mass is 10.1. The molecular weight excluding hydrogens is 402 g/mol. The van der Waals surface area contributed by atoms with Crippen LogP contribution in [0.2, 0.25) is 0 Å². The number of aryl methyl sites for hydroxylation is 2. The third-order valence-corrected chi connectivity index (χ3v) is 4.08. The first-order valence-corrected chi connectivity index (χ1v) is 12.6. The molecule has 1 aromatic heterocycles. The van der Waals surface area contributed by atoms with Gasteiger partial charge in [0, 0.05) is 18.4 Å². The van der Waals surface area contributed by atoms with Crippen LogP contribution in [0, 0.1) is 18.3 Å². The van der Waals surface area contributed by atoms with Crippen molar-refractivity contribution >= 4 is 0 Å². The predicted octanol–water partition coefficient (Wildman–Crippen LogP) is 8.77. The fourth-order valence-corrected chi connectivity index (χ4v) is 2.64. The van der Waals surface area contributed by atoms with Gasteiger partial charge in [0.15, 0.2) is 0 Å². The topological polar surface area (TPSA) is 39.9 Å². The van der Waals surface area contributed by atoms with Gasteiger partial charge in [0.2, 0.25) is 0 Å². The summed E-state index contributed by atoms with van der Waals surface area (Å²) in [6, 6.07) is 13.9. The second-order valence-electron chi connectivity index (χ2n) is 7.39. The van der Waals surface area contributed by atoms with Crippen molar-refractivity contribution in [2.24, 2.45) is 0 Å². The minimum Gasteiger partial charge on any atom is -0.299 e. The molecule has 2 aromatic rings. The first-order chi connectivity index (χ1) is 15.9. The van der Waals surface area contributed by atoms with E-state index in [1.165, 1.54) is 42.6 Å². The van der Waals surface area contributed by atoms with Crippen LogP contribution in [0.15, 0.2) is 54.7 Å². The van der Waals surface area contributed by atoms with E-state index in [0.717, 1.165) is 24.2 Å². The zero-order valence-electron chi connectivity index (χ0n) is 23.3. The second-order valence-corrected chi connectivity index (χ2v) is 7.39. The molecule has 0 atom stereocenters. The maximum Gasteiger partial charge on any atom is 0.0991 e. The summed E-state index contributed by atoms with van der Waals surface area (Å²) in [7, 11) is 0. The molecule has 1 heterocycles. The number of nitriles is 1. The average molecular weight is 454 g/mol. The number of nitrogens with zero attached hydrogens (tertiary/aromatic N) is 3. The molecule has 3 nitrogen and oxygen atoms in total. The van der Waals surface area contributed by atoms with Crippen LogP contribution < -0.4 is 0 Å². The number of benzene rings is 1. The molecule has 0 saturated heterocycles. The first kappa shape index (κ1) is 35.2. The Labute approximate surface area is 206 Å². The van der Waals surface area contributed by atoms with Gasteiger partial charge in [0.05, 0.1) is 11.6 Å². The summed E-state index contributed by atoms with van der Waals surface area (Å²) < 4.78 is 0. The van der Waals surface area contributed by atoms with Gasteiger partial charge in [-0.1, -0.05) is 72.2 Å². The van der Waals surface area contributed by atoms with Gasteiger partial charge in [-0.3, -0.25) is 9.88 Å². The minimum atomic E-state index is 0.734. The Balaban J connectivity index is -0.000000431. The second kappa shape index (κ2) is 25.8. The van der Waals surface area contributed by atoms with Gasteiger partial charge in [0.1, 0.15) is 0 Å². The van der Waals surface area contributed by atoms with Crippen molar-refractivity contribution in [1.29, 1.82) is 5.26 Å². The summed E-state index contributed by atoms with van der Waals surface area (Å²) >= 11 is 0. The highest BCUT2D eigenvalue weighted by atomic mass is 15.1. The molecule has 0 spiro atoms. The quantitative estimate of drug-likeness (QED) is 0.393. The summed E-state index contributed by atoms with van der Waals surface area (Å²) in [6.45, 7) is 27.6. The lowest BCUT2D eigenvalue weighted by molar-refractivity contribution is 0.265. The highest BCUT2D eigenvalue weighted by Crippen LogP contribution is 2.08. The van der Waals surface area contributed by atoms with E-state index >= 15 is 0 Å². The van der Waals surface area contributed by atoms with Crippen LogP contribution in [-0.2, 0) is 13.0 Å². The molecule has 0 amide bonds. The van der Waals surface area contributed by atoms with Gasteiger partial charge in [-0.15, -0.1) is 6.58 Å². The fraction of sp³-hybridized carbons (Fsp3) is 0.533. The number of pyridine rings is 1. The molecule has 0 bridgehead atoms. The minimum absolute atomic E-state index is 0.734. The van der Waals surface area contributed by atoms with E-state index in [1.807, 2.05) is 78.1 Å². The SMILES string of the molecule is C=C(C)C.CC.CC.CCCN(CCC)Cc1cccnc1C.CCc1ccc(C#N)cc1. The van der Waals surface area contributed by atoms with Crippen LogP contribution in [0.3, 0.4) is 0 Å². The lowest BCUT2D eigenvalue weighted by Crippen LogP contribution is -2.25. The summed E-state index contributed by atoms with van der Waals surface area (Å²) in [5.41, 5.74) is 5.70. The van der Waals surface area contributed by atoms with E-state index in [-0.39, 0.29) is 0 Å². The Morgan fingerprint density at radius 3 is 1.79 bits per heavy atom. The first-order valence-electron chi connectivity index (χ1n) is 12.6. The molecule has 1 aromatic carbocycles. The highest BCUT2D eigenvalue weighted by Gasteiger charge is 2.05. The zero-order chi connectivity index (χ0) is 26.1. The van der Waals surface area contributed by atoms with Gasteiger partial charge in [-0.25, -0.2) is 0 Å². The monoisotopic (exact) mass is 453 g/mol. The summed E-state index contributed by atoms with van der Waals surface area (Å²) in [5, 5.41) is 8.45. The molecule has 0 N–H and O–H groups in total. The third kappa shape index (κ3) is 21.2. The largest absolute Gasteiger partial charge is 0.299 e. The zero-order valence-corrected chi connectivity index (χ0v) is 23.3. The number of rotatable bonds is 7. The number of hydrogen-bond acceptors (Lipinski definition) is 3. The normalized spacial score (nSPS) is 8.79. The lowest BCUT2D eigenvalue weighted by Gasteiger charge is -2.21. The van der Waals surface area contributed by atoms with Gasteiger partial charge < -0.3 is 0 Å². The molecule has 2 rings (SSSR count).